The molecular weight excluding hydrogens is 354 g/mol. The average Bonchev–Trinajstić information content (AvgIpc) is 3.31. The number of nitrogens with zero attached hydrogens (tertiary/aromatic N) is 5. The van der Waals surface area contributed by atoms with Gasteiger partial charge in [-0.2, -0.15) is 5.10 Å². The van der Waals surface area contributed by atoms with Gasteiger partial charge < -0.3 is 14.2 Å². The van der Waals surface area contributed by atoms with E-state index in [0.29, 0.717) is 24.8 Å². The molecule has 1 fully saturated rings. The lowest BCUT2D eigenvalue weighted by atomic mass is 9.92. The quantitative estimate of drug-likeness (QED) is 0.792. The number of aryl methyl sites for hydroxylation is 2. The van der Waals surface area contributed by atoms with Crippen LogP contribution in [-0.2, 0) is 24.3 Å². The van der Waals surface area contributed by atoms with Gasteiger partial charge in [0.2, 0.25) is 11.8 Å². The Morgan fingerprint density at radius 3 is 2.64 bits per heavy atom. The Morgan fingerprint density at radius 1 is 1.21 bits per heavy atom. The van der Waals surface area contributed by atoms with Gasteiger partial charge in [0.05, 0.1) is 6.20 Å². The second-order valence-electron chi connectivity index (χ2n) is 8.01. The fourth-order valence-corrected chi connectivity index (χ4v) is 4.48. The van der Waals surface area contributed by atoms with E-state index in [9.17, 15) is 4.79 Å². The zero-order chi connectivity index (χ0) is 19.7. The van der Waals surface area contributed by atoms with Crippen LogP contribution in [0, 0.1) is 12.8 Å². The molecule has 7 heteroatoms. The number of likely N-dealkylation sites (tertiary alicyclic amines) is 1. The summed E-state index contributed by atoms with van der Waals surface area (Å²) in [4.78, 5) is 21.9. The molecule has 7 nitrogen and oxygen atoms in total. The van der Waals surface area contributed by atoms with Crippen molar-refractivity contribution in [1.29, 1.82) is 0 Å². The Morgan fingerprint density at radius 2 is 2.00 bits per heavy atom. The van der Waals surface area contributed by atoms with E-state index < -0.39 is 0 Å². The molecule has 0 saturated carbocycles. The van der Waals surface area contributed by atoms with E-state index in [1.165, 1.54) is 5.69 Å². The lowest BCUT2D eigenvalue weighted by molar-refractivity contribution is -0.133. The third-order valence-electron chi connectivity index (χ3n) is 6.23. The third-order valence-corrected chi connectivity index (χ3v) is 6.23. The summed E-state index contributed by atoms with van der Waals surface area (Å²) in [5.74, 6) is 2.13. The van der Waals surface area contributed by atoms with Crippen molar-refractivity contribution >= 4 is 5.91 Å². The van der Waals surface area contributed by atoms with Gasteiger partial charge in [-0.25, -0.2) is 4.98 Å². The van der Waals surface area contributed by atoms with Gasteiger partial charge in [-0.15, -0.1) is 0 Å². The van der Waals surface area contributed by atoms with E-state index in [-0.39, 0.29) is 5.91 Å². The Bertz CT molecular complexity index is 832. The molecule has 152 valence electrons. The maximum absolute atomic E-state index is 13.0. The molecule has 4 heterocycles. The van der Waals surface area contributed by atoms with Crippen LogP contribution < -0.4 is 0 Å². The lowest BCUT2D eigenvalue weighted by Crippen LogP contribution is -2.39. The molecule has 4 rings (SSSR count). The number of piperidine rings is 1. The Labute approximate surface area is 166 Å². The summed E-state index contributed by atoms with van der Waals surface area (Å²) in [5, 5.41) is 4.74. The number of oxazole rings is 1. The van der Waals surface area contributed by atoms with Crippen molar-refractivity contribution in [3.63, 3.8) is 0 Å². The van der Waals surface area contributed by atoms with Gasteiger partial charge in [-0.05, 0) is 52.2 Å². The molecule has 0 radical (unpaired) electrons. The van der Waals surface area contributed by atoms with E-state index >= 15 is 0 Å². The highest BCUT2D eigenvalue weighted by atomic mass is 16.4. The standard InChI is InChI=1S/C21H31N5O2/c1-4-24-9-6-16(7-10-24)12-19(27)25-11-8-18-17(14-25)20(23-26(18)5-2)21-22-13-15(3)28-21/h13,16H,4-12,14H2,1-3H3. The molecule has 28 heavy (non-hydrogen) atoms. The second kappa shape index (κ2) is 8.07. The summed E-state index contributed by atoms with van der Waals surface area (Å²) in [5.41, 5.74) is 3.11. The van der Waals surface area contributed by atoms with Gasteiger partial charge in [-0.1, -0.05) is 6.92 Å². The van der Waals surface area contributed by atoms with Crippen LogP contribution in [0.25, 0.3) is 11.6 Å². The smallest absolute Gasteiger partial charge is 0.247 e. The van der Waals surface area contributed by atoms with Crippen molar-refractivity contribution in [2.45, 2.75) is 59.5 Å². The number of amides is 1. The molecule has 2 aromatic heterocycles. The minimum Gasteiger partial charge on any atom is -0.440 e. The van der Waals surface area contributed by atoms with E-state index in [2.05, 4.69) is 23.7 Å². The summed E-state index contributed by atoms with van der Waals surface area (Å²) < 4.78 is 7.77. The number of carbonyl (C=O) groups is 1. The number of hydrogen-bond donors (Lipinski definition) is 0. The van der Waals surface area contributed by atoms with Crippen LogP contribution in [-0.4, -0.2) is 56.7 Å². The molecule has 2 aromatic rings. The van der Waals surface area contributed by atoms with Gasteiger partial charge in [0.15, 0.2) is 5.69 Å². The summed E-state index contributed by atoms with van der Waals surface area (Å²) in [6.45, 7) is 11.7. The first kappa shape index (κ1) is 19.2. The van der Waals surface area contributed by atoms with Crippen molar-refractivity contribution in [3.05, 3.63) is 23.2 Å². The van der Waals surface area contributed by atoms with Crippen LogP contribution >= 0.6 is 0 Å². The first-order valence-electron chi connectivity index (χ1n) is 10.6. The van der Waals surface area contributed by atoms with Gasteiger partial charge in [-0.3, -0.25) is 9.48 Å². The van der Waals surface area contributed by atoms with E-state index in [1.54, 1.807) is 6.20 Å². The summed E-state index contributed by atoms with van der Waals surface area (Å²) >= 11 is 0. The Balaban J connectivity index is 1.48. The number of hydrogen-bond acceptors (Lipinski definition) is 5. The number of rotatable bonds is 5. The molecule has 2 aliphatic heterocycles. The minimum absolute atomic E-state index is 0.277. The Kier molecular flexibility index (Phi) is 5.53. The molecule has 0 bridgehead atoms. The fourth-order valence-electron chi connectivity index (χ4n) is 4.48. The van der Waals surface area contributed by atoms with Crippen LogP contribution in [0.3, 0.4) is 0 Å². The summed E-state index contributed by atoms with van der Waals surface area (Å²) in [7, 11) is 0. The molecule has 0 aliphatic carbocycles. The second-order valence-corrected chi connectivity index (χ2v) is 8.01. The van der Waals surface area contributed by atoms with Gasteiger partial charge >= 0.3 is 0 Å². The molecule has 1 amide bonds. The zero-order valence-corrected chi connectivity index (χ0v) is 17.3. The van der Waals surface area contributed by atoms with Crippen LogP contribution in [0.15, 0.2) is 10.6 Å². The van der Waals surface area contributed by atoms with E-state index in [0.717, 1.165) is 69.0 Å². The minimum atomic E-state index is 0.277. The Hall–Kier alpha value is -2.15. The molecule has 0 unspecified atom stereocenters. The van der Waals surface area contributed by atoms with Crippen molar-refractivity contribution in [2.24, 2.45) is 5.92 Å². The number of carbonyl (C=O) groups excluding carboxylic acids is 1. The van der Waals surface area contributed by atoms with Crippen LogP contribution in [0.1, 0.15) is 50.1 Å². The fraction of sp³-hybridized carbons (Fsp3) is 0.667. The largest absolute Gasteiger partial charge is 0.440 e. The molecule has 0 atom stereocenters. The van der Waals surface area contributed by atoms with E-state index in [1.807, 2.05) is 16.5 Å². The number of aromatic nitrogens is 3. The first-order valence-corrected chi connectivity index (χ1v) is 10.6. The predicted octanol–water partition coefficient (Wildman–Crippen LogP) is 2.87. The highest BCUT2D eigenvalue weighted by molar-refractivity contribution is 5.77. The van der Waals surface area contributed by atoms with E-state index in [4.69, 9.17) is 9.52 Å². The van der Waals surface area contributed by atoms with Crippen molar-refractivity contribution in [1.82, 2.24) is 24.6 Å². The van der Waals surface area contributed by atoms with Gasteiger partial charge in [0.1, 0.15) is 5.76 Å². The normalized spacial score (nSPS) is 18.5. The van der Waals surface area contributed by atoms with Crippen molar-refractivity contribution in [2.75, 3.05) is 26.2 Å². The SMILES string of the molecule is CCN1CCC(CC(=O)N2CCc3c(c(-c4ncc(C)o4)nn3CC)C2)CC1. The molecule has 0 aromatic carbocycles. The van der Waals surface area contributed by atoms with Crippen LogP contribution in [0.5, 0.6) is 0 Å². The van der Waals surface area contributed by atoms with Crippen molar-refractivity contribution < 1.29 is 9.21 Å². The highest BCUT2D eigenvalue weighted by Crippen LogP contribution is 2.31. The molecular formula is C21H31N5O2. The molecule has 1 saturated heterocycles. The first-order chi connectivity index (χ1) is 13.6. The number of fused-ring (bicyclic) bond motifs is 1. The van der Waals surface area contributed by atoms with Gasteiger partial charge in [0, 0.05) is 43.7 Å². The topological polar surface area (TPSA) is 67.4 Å². The zero-order valence-electron chi connectivity index (χ0n) is 17.3. The summed E-state index contributed by atoms with van der Waals surface area (Å²) in [6, 6.07) is 0. The molecule has 0 N–H and O–H groups in total. The third kappa shape index (κ3) is 3.72. The van der Waals surface area contributed by atoms with Crippen molar-refractivity contribution in [3.8, 4) is 11.6 Å². The highest BCUT2D eigenvalue weighted by Gasteiger charge is 2.30. The summed E-state index contributed by atoms with van der Waals surface area (Å²) in [6.07, 6.45) is 5.50. The maximum atomic E-state index is 13.0. The lowest BCUT2D eigenvalue weighted by Gasteiger charge is -2.33. The van der Waals surface area contributed by atoms with Crippen LogP contribution in [0.2, 0.25) is 0 Å². The predicted molar refractivity (Wildman–Crippen MR) is 107 cm³/mol. The van der Waals surface area contributed by atoms with Gasteiger partial charge in [0.25, 0.3) is 0 Å². The van der Waals surface area contributed by atoms with Crippen LogP contribution in [0.4, 0.5) is 0 Å². The molecule has 0 spiro atoms. The maximum Gasteiger partial charge on any atom is 0.247 e. The monoisotopic (exact) mass is 385 g/mol. The average molecular weight is 386 g/mol. The molecule has 2 aliphatic rings.